The van der Waals surface area contributed by atoms with E-state index < -0.39 is 0 Å². The van der Waals surface area contributed by atoms with Gasteiger partial charge in [0.1, 0.15) is 0 Å². The summed E-state index contributed by atoms with van der Waals surface area (Å²) in [5.41, 5.74) is 8.20. The molecular formula is C11H13BrN2. The van der Waals surface area contributed by atoms with Crippen LogP contribution in [0.5, 0.6) is 0 Å². The van der Waals surface area contributed by atoms with Crippen LogP contribution in [0.2, 0.25) is 0 Å². The average molecular weight is 253 g/mol. The third-order valence-electron chi connectivity index (χ3n) is 2.23. The number of aromatic amines is 1. The van der Waals surface area contributed by atoms with Crippen LogP contribution in [0.4, 0.5) is 0 Å². The summed E-state index contributed by atoms with van der Waals surface area (Å²) in [6.45, 7) is 2.02. The van der Waals surface area contributed by atoms with Crippen LogP contribution >= 0.6 is 15.9 Å². The standard InChI is InChI=1S/C11H13BrN2/c1-7(13)4-8-5-9-2-3-14-11(9)10(12)6-8/h2-3,5-7,14H,4,13H2,1H3. The van der Waals surface area contributed by atoms with Gasteiger partial charge in [-0.05, 0) is 53.0 Å². The lowest BCUT2D eigenvalue weighted by Crippen LogP contribution is -2.17. The van der Waals surface area contributed by atoms with Crippen molar-refractivity contribution < 1.29 is 0 Å². The highest BCUT2D eigenvalue weighted by atomic mass is 79.9. The van der Waals surface area contributed by atoms with Gasteiger partial charge >= 0.3 is 0 Å². The second-order valence-electron chi connectivity index (χ2n) is 3.70. The Balaban J connectivity index is 2.47. The van der Waals surface area contributed by atoms with Crippen molar-refractivity contribution in [3.8, 4) is 0 Å². The summed E-state index contributed by atoms with van der Waals surface area (Å²) in [4.78, 5) is 3.19. The van der Waals surface area contributed by atoms with Crippen LogP contribution in [-0.2, 0) is 6.42 Å². The molecule has 0 saturated heterocycles. The molecule has 1 atom stereocenters. The number of hydrogen-bond acceptors (Lipinski definition) is 1. The summed E-state index contributed by atoms with van der Waals surface area (Å²) < 4.78 is 1.11. The van der Waals surface area contributed by atoms with Crippen LogP contribution < -0.4 is 5.73 Å². The highest BCUT2D eigenvalue weighted by Crippen LogP contribution is 2.24. The number of fused-ring (bicyclic) bond motifs is 1. The zero-order chi connectivity index (χ0) is 10.1. The Labute approximate surface area is 91.6 Å². The van der Waals surface area contributed by atoms with Gasteiger partial charge in [-0.15, -0.1) is 0 Å². The number of nitrogens with two attached hydrogens (primary N) is 1. The fourth-order valence-electron chi connectivity index (χ4n) is 1.67. The fraction of sp³-hybridized carbons (Fsp3) is 0.273. The van der Waals surface area contributed by atoms with Crippen molar-refractivity contribution in [2.45, 2.75) is 19.4 Å². The molecule has 0 radical (unpaired) electrons. The number of benzene rings is 1. The molecule has 3 heteroatoms. The summed E-state index contributed by atoms with van der Waals surface area (Å²) in [5, 5.41) is 1.23. The summed E-state index contributed by atoms with van der Waals surface area (Å²) in [7, 11) is 0. The van der Waals surface area contributed by atoms with Crippen molar-refractivity contribution >= 4 is 26.8 Å². The van der Waals surface area contributed by atoms with E-state index in [9.17, 15) is 0 Å². The molecule has 0 saturated carbocycles. The second-order valence-corrected chi connectivity index (χ2v) is 4.56. The highest BCUT2D eigenvalue weighted by molar-refractivity contribution is 9.10. The molecule has 2 rings (SSSR count). The van der Waals surface area contributed by atoms with Crippen LogP contribution in [0.25, 0.3) is 10.9 Å². The monoisotopic (exact) mass is 252 g/mol. The van der Waals surface area contributed by atoms with Crippen molar-refractivity contribution in [3.05, 3.63) is 34.4 Å². The zero-order valence-electron chi connectivity index (χ0n) is 8.05. The second kappa shape index (κ2) is 3.75. The van der Waals surface area contributed by atoms with Crippen molar-refractivity contribution in [2.75, 3.05) is 0 Å². The predicted molar refractivity (Wildman–Crippen MR) is 63.4 cm³/mol. The first-order valence-electron chi connectivity index (χ1n) is 4.68. The van der Waals surface area contributed by atoms with E-state index in [2.05, 4.69) is 39.1 Å². The van der Waals surface area contributed by atoms with Crippen LogP contribution in [0.1, 0.15) is 12.5 Å². The molecule has 0 spiro atoms. The summed E-state index contributed by atoms with van der Waals surface area (Å²) >= 11 is 3.54. The molecule has 0 bridgehead atoms. The summed E-state index contributed by atoms with van der Waals surface area (Å²) in [6.07, 6.45) is 2.87. The lowest BCUT2D eigenvalue weighted by atomic mass is 10.1. The molecule has 0 fully saturated rings. The molecule has 0 aliphatic rings. The van der Waals surface area contributed by atoms with Gasteiger partial charge in [0.25, 0.3) is 0 Å². The Morgan fingerprint density at radius 2 is 2.29 bits per heavy atom. The Bertz CT molecular complexity index is 445. The Morgan fingerprint density at radius 1 is 1.50 bits per heavy atom. The van der Waals surface area contributed by atoms with E-state index in [1.54, 1.807) is 0 Å². The first-order valence-corrected chi connectivity index (χ1v) is 5.47. The van der Waals surface area contributed by atoms with Crippen molar-refractivity contribution in [2.24, 2.45) is 5.73 Å². The topological polar surface area (TPSA) is 41.8 Å². The van der Waals surface area contributed by atoms with Gasteiger partial charge in [0.15, 0.2) is 0 Å². The zero-order valence-corrected chi connectivity index (χ0v) is 9.64. The van der Waals surface area contributed by atoms with Gasteiger partial charge in [-0.3, -0.25) is 0 Å². The molecule has 1 heterocycles. The number of hydrogen-bond donors (Lipinski definition) is 2. The number of nitrogens with one attached hydrogen (secondary N) is 1. The van der Waals surface area contributed by atoms with Crippen LogP contribution in [0.3, 0.4) is 0 Å². The maximum atomic E-state index is 5.77. The fourth-order valence-corrected chi connectivity index (χ4v) is 2.31. The molecule has 14 heavy (non-hydrogen) atoms. The first kappa shape index (κ1) is 9.74. The van der Waals surface area contributed by atoms with Crippen LogP contribution in [-0.4, -0.2) is 11.0 Å². The van der Waals surface area contributed by atoms with Gasteiger partial charge in [-0.25, -0.2) is 0 Å². The molecule has 74 valence electrons. The quantitative estimate of drug-likeness (QED) is 0.849. The van der Waals surface area contributed by atoms with Crippen LogP contribution in [0.15, 0.2) is 28.9 Å². The third kappa shape index (κ3) is 1.83. The first-order chi connectivity index (χ1) is 6.66. The lowest BCUT2D eigenvalue weighted by molar-refractivity contribution is 0.738. The van der Waals surface area contributed by atoms with E-state index >= 15 is 0 Å². The van der Waals surface area contributed by atoms with Gasteiger partial charge in [0.2, 0.25) is 0 Å². The Hall–Kier alpha value is -0.800. The van der Waals surface area contributed by atoms with Crippen molar-refractivity contribution in [3.63, 3.8) is 0 Å². The number of rotatable bonds is 2. The van der Waals surface area contributed by atoms with Gasteiger partial charge < -0.3 is 10.7 Å². The molecule has 0 aliphatic carbocycles. The largest absolute Gasteiger partial charge is 0.360 e. The molecule has 1 aromatic carbocycles. The molecule has 2 nitrogen and oxygen atoms in total. The molecule has 1 aromatic heterocycles. The smallest absolute Gasteiger partial charge is 0.0598 e. The maximum Gasteiger partial charge on any atom is 0.0598 e. The van der Waals surface area contributed by atoms with E-state index in [1.807, 2.05) is 13.1 Å². The summed E-state index contributed by atoms with van der Waals surface area (Å²) in [5.74, 6) is 0. The Kier molecular flexibility index (Phi) is 2.61. The van der Waals surface area contributed by atoms with Gasteiger partial charge in [0.05, 0.1) is 5.52 Å². The number of halogens is 1. The van der Waals surface area contributed by atoms with Crippen LogP contribution in [0, 0.1) is 0 Å². The number of H-pyrrole nitrogens is 1. The van der Waals surface area contributed by atoms with E-state index in [-0.39, 0.29) is 6.04 Å². The van der Waals surface area contributed by atoms with Crippen molar-refractivity contribution in [1.82, 2.24) is 4.98 Å². The van der Waals surface area contributed by atoms with Crippen molar-refractivity contribution in [1.29, 1.82) is 0 Å². The van der Waals surface area contributed by atoms with E-state index in [4.69, 9.17) is 5.73 Å². The van der Waals surface area contributed by atoms with Gasteiger partial charge in [0, 0.05) is 22.1 Å². The average Bonchev–Trinajstić information content (AvgIpc) is 2.50. The molecule has 3 N–H and O–H groups in total. The number of aromatic nitrogens is 1. The minimum absolute atomic E-state index is 0.207. The molecule has 0 amide bonds. The van der Waals surface area contributed by atoms with E-state index in [0.29, 0.717) is 0 Å². The SMILES string of the molecule is CC(N)Cc1cc(Br)c2[nH]ccc2c1. The Morgan fingerprint density at radius 3 is 3.00 bits per heavy atom. The molecule has 0 aliphatic heterocycles. The minimum atomic E-state index is 0.207. The van der Waals surface area contributed by atoms with E-state index in [1.165, 1.54) is 10.9 Å². The predicted octanol–water partition coefficient (Wildman–Crippen LogP) is 2.82. The molecule has 1 unspecified atom stereocenters. The summed E-state index contributed by atoms with van der Waals surface area (Å²) in [6, 6.07) is 6.59. The maximum absolute atomic E-state index is 5.77. The lowest BCUT2D eigenvalue weighted by Gasteiger charge is -2.06. The third-order valence-corrected chi connectivity index (χ3v) is 2.85. The molecule has 2 aromatic rings. The van der Waals surface area contributed by atoms with E-state index in [0.717, 1.165) is 16.4 Å². The van der Waals surface area contributed by atoms with Gasteiger partial charge in [-0.1, -0.05) is 0 Å². The molecular weight excluding hydrogens is 240 g/mol. The minimum Gasteiger partial charge on any atom is -0.360 e. The normalized spacial score (nSPS) is 13.4. The van der Waals surface area contributed by atoms with Gasteiger partial charge in [-0.2, -0.15) is 0 Å². The highest BCUT2D eigenvalue weighted by Gasteiger charge is 2.04.